The van der Waals surface area contributed by atoms with Crippen molar-refractivity contribution in [3.05, 3.63) is 36.5 Å². The van der Waals surface area contributed by atoms with Gasteiger partial charge in [0.25, 0.3) is 0 Å². The van der Waals surface area contributed by atoms with E-state index >= 15 is 0 Å². The van der Waals surface area contributed by atoms with Gasteiger partial charge in [-0.2, -0.15) is 0 Å². The number of carbonyl (C=O) groups excluding carboxylic acids is 2. The van der Waals surface area contributed by atoms with E-state index in [9.17, 15) is 19.0 Å². The summed E-state index contributed by atoms with van der Waals surface area (Å²) in [4.78, 5) is 35.5. The van der Waals surface area contributed by atoms with Crippen LogP contribution >= 0.6 is 7.82 Å². The van der Waals surface area contributed by atoms with E-state index in [1.807, 2.05) is 0 Å². The predicted octanol–water partition coefficient (Wildman–Crippen LogP) is 27.0. The standard InChI is InChI=1S/C81H156NO8P/c1-3-5-7-9-11-13-15-17-19-21-23-25-27-29-31-33-35-37-39-41-43-45-47-49-51-53-55-57-59-61-63-65-67-69-71-73-80(83)87-77-79(78-89-91(85,86)88-76-75-82)90-81(84)74-72-70-68-66-64-62-60-58-56-54-52-50-48-46-44-42-40-38-36-34-32-30-28-26-24-22-20-18-16-14-12-10-8-6-4-2/h16,18,21-24,79H,3-15,17,19-20,25-78,82H2,1-2H3,(H,85,86)/b18-16-,23-21-,24-22-. The van der Waals surface area contributed by atoms with Crippen LogP contribution in [0.5, 0.6) is 0 Å². The van der Waals surface area contributed by atoms with E-state index in [2.05, 4.69) is 50.3 Å². The van der Waals surface area contributed by atoms with E-state index in [0.717, 1.165) is 38.5 Å². The second-order valence-corrected chi connectivity index (χ2v) is 29.1. The molecule has 0 radical (unpaired) electrons. The Morgan fingerprint density at radius 1 is 0.330 bits per heavy atom. The number of rotatable bonds is 78. The molecule has 0 aliphatic carbocycles. The number of unbranched alkanes of at least 4 members (excludes halogenated alkanes) is 59. The molecule has 0 saturated heterocycles. The summed E-state index contributed by atoms with van der Waals surface area (Å²) in [6, 6.07) is 0. The minimum atomic E-state index is -4.39. The molecule has 0 aromatic rings. The zero-order chi connectivity index (χ0) is 65.8. The van der Waals surface area contributed by atoms with Gasteiger partial charge in [-0.3, -0.25) is 18.6 Å². The summed E-state index contributed by atoms with van der Waals surface area (Å²) in [6.07, 6.45) is 98.7. The molecule has 0 spiro atoms. The third-order valence-electron chi connectivity index (χ3n) is 18.5. The van der Waals surface area contributed by atoms with E-state index in [1.54, 1.807) is 0 Å². The highest BCUT2D eigenvalue weighted by Gasteiger charge is 2.26. The highest BCUT2D eigenvalue weighted by molar-refractivity contribution is 7.47. The number of hydrogen-bond donors (Lipinski definition) is 2. The fourth-order valence-electron chi connectivity index (χ4n) is 12.5. The van der Waals surface area contributed by atoms with Gasteiger partial charge in [-0.15, -0.1) is 0 Å². The number of esters is 2. The van der Waals surface area contributed by atoms with Gasteiger partial charge >= 0.3 is 19.8 Å². The molecule has 2 atom stereocenters. The van der Waals surface area contributed by atoms with Gasteiger partial charge in [-0.1, -0.05) is 391 Å². The molecule has 0 heterocycles. The van der Waals surface area contributed by atoms with E-state index < -0.39 is 26.5 Å². The van der Waals surface area contributed by atoms with Crippen LogP contribution in [-0.4, -0.2) is 49.3 Å². The first-order chi connectivity index (χ1) is 44.8. The van der Waals surface area contributed by atoms with Crippen molar-refractivity contribution >= 4 is 19.8 Å². The Hall–Kier alpha value is -1.77. The van der Waals surface area contributed by atoms with Gasteiger partial charge in [-0.25, -0.2) is 4.57 Å². The fraction of sp³-hybridized carbons (Fsp3) is 0.901. The monoisotopic (exact) mass is 1300 g/mol. The van der Waals surface area contributed by atoms with Gasteiger partial charge in [0.15, 0.2) is 6.10 Å². The molecule has 0 aliphatic rings. The molecule has 2 unspecified atom stereocenters. The van der Waals surface area contributed by atoms with E-state index in [4.69, 9.17) is 24.3 Å². The Morgan fingerprint density at radius 2 is 0.571 bits per heavy atom. The smallest absolute Gasteiger partial charge is 0.462 e. The lowest BCUT2D eigenvalue weighted by Gasteiger charge is -2.19. The Balaban J connectivity index is 3.74. The zero-order valence-electron chi connectivity index (χ0n) is 60.9. The lowest BCUT2D eigenvalue weighted by molar-refractivity contribution is -0.161. The largest absolute Gasteiger partial charge is 0.472 e. The molecule has 0 saturated carbocycles. The molecule has 91 heavy (non-hydrogen) atoms. The third kappa shape index (κ3) is 77.1. The number of phosphoric ester groups is 1. The first-order valence-electron chi connectivity index (χ1n) is 40.5. The summed E-state index contributed by atoms with van der Waals surface area (Å²) in [7, 11) is -4.39. The van der Waals surface area contributed by atoms with Crippen LogP contribution in [0.15, 0.2) is 36.5 Å². The zero-order valence-corrected chi connectivity index (χ0v) is 61.8. The van der Waals surface area contributed by atoms with Crippen molar-refractivity contribution in [3.8, 4) is 0 Å². The van der Waals surface area contributed by atoms with Gasteiger partial charge in [-0.05, 0) is 70.6 Å². The molecule has 0 aliphatic heterocycles. The molecule has 0 aromatic heterocycles. The first-order valence-corrected chi connectivity index (χ1v) is 42.0. The Morgan fingerprint density at radius 3 is 0.846 bits per heavy atom. The Kier molecular flexibility index (Phi) is 75.7. The van der Waals surface area contributed by atoms with Crippen LogP contribution in [-0.2, 0) is 32.7 Å². The Labute approximate surface area is 566 Å². The highest BCUT2D eigenvalue weighted by Crippen LogP contribution is 2.43. The molecule has 3 N–H and O–H groups in total. The minimum absolute atomic E-state index is 0.0568. The molecule has 0 rings (SSSR count). The van der Waals surface area contributed by atoms with Crippen molar-refractivity contribution in [2.24, 2.45) is 5.73 Å². The summed E-state index contributed by atoms with van der Waals surface area (Å²) in [5.41, 5.74) is 5.42. The van der Waals surface area contributed by atoms with Crippen LogP contribution in [0.2, 0.25) is 0 Å². The van der Waals surface area contributed by atoms with Gasteiger partial charge in [0.1, 0.15) is 6.61 Å². The van der Waals surface area contributed by atoms with Crippen LogP contribution in [0, 0.1) is 0 Å². The number of hydrogen-bond acceptors (Lipinski definition) is 8. The molecular formula is C81H156NO8P. The molecular weight excluding hydrogens is 1150 g/mol. The maximum atomic E-state index is 12.8. The van der Waals surface area contributed by atoms with Crippen LogP contribution in [0.4, 0.5) is 0 Å². The number of carbonyl (C=O) groups is 2. The van der Waals surface area contributed by atoms with Crippen molar-refractivity contribution in [1.82, 2.24) is 0 Å². The molecule has 0 fully saturated rings. The van der Waals surface area contributed by atoms with Gasteiger partial charge < -0.3 is 20.1 Å². The second-order valence-electron chi connectivity index (χ2n) is 27.6. The third-order valence-corrected chi connectivity index (χ3v) is 19.5. The predicted molar refractivity (Wildman–Crippen MR) is 395 cm³/mol. The topological polar surface area (TPSA) is 134 Å². The molecule has 0 bridgehead atoms. The van der Waals surface area contributed by atoms with E-state index in [0.29, 0.717) is 6.42 Å². The van der Waals surface area contributed by atoms with Crippen LogP contribution in [0.3, 0.4) is 0 Å². The lowest BCUT2D eigenvalue weighted by Crippen LogP contribution is -2.29. The van der Waals surface area contributed by atoms with Crippen molar-refractivity contribution < 1.29 is 37.6 Å². The number of phosphoric acid groups is 1. The number of ether oxygens (including phenoxy) is 2. The van der Waals surface area contributed by atoms with Crippen molar-refractivity contribution in [2.45, 2.75) is 444 Å². The highest BCUT2D eigenvalue weighted by atomic mass is 31.2. The van der Waals surface area contributed by atoms with Gasteiger partial charge in [0, 0.05) is 19.4 Å². The molecule has 10 heteroatoms. The summed E-state index contributed by atoms with van der Waals surface area (Å²) in [5, 5.41) is 0. The van der Waals surface area contributed by atoms with Gasteiger partial charge in [0.05, 0.1) is 13.2 Å². The molecule has 538 valence electrons. The average molecular weight is 1300 g/mol. The van der Waals surface area contributed by atoms with Crippen molar-refractivity contribution in [2.75, 3.05) is 26.4 Å². The fourth-order valence-corrected chi connectivity index (χ4v) is 13.3. The quantitative estimate of drug-likeness (QED) is 0.0264. The summed E-state index contributed by atoms with van der Waals surface area (Å²) >= 11 is 0. The summed E-state index contributed by atoms with van der Waals surface area (Å²) < 4.78 is 33.3. The molecule has 9 nitrogen and oxygen atoms in total. The maximum absolute atomic E-state index is 12.8. The van der Waals surface area contributed by atoms with Gasteiger partial charge in [0.2, 0.25) is 0 Å². The SMILES string of the molecule is CCCCCCC/C=C\C/C=C\CCCCCCCCCCCCCCCCCCCCCCCCCC(=O)OC(COC(=O)CCCCCCCCCCCCCCCCCCCCCCCCC/C=C\CCCCCCCCCC)COP(=O)(O)OCCN. The van der Waals surface area contributed by atoms with Crippen LogP contribution < -0.4 is 5.73 Å². The van der Waals surface area contributed by atoms with Crippen molar-refractivity contribution in [1.29, 1.82) is 0 Å². The normalized spacial score (nSPS) is 13.0. The second kappa shape index (κ2) is 77.2. The first kappa shape index (κ1) is 89.2. The van der Waals surface area contributed by atoms with Crippen molar-refractivity contribution in [3.63, 3.8) is 0 Å². The summed E-state index contributed by atoms with van der Waals surface area (Å²) in [5.74, 6) is -0.800. The molecule has 0 amide bonds. The average Bonchev–Trinajstić information content (AvgIpc) is 3.68. The van der Waals surface area contributed by atoms with Crippen LogP contribution in [0.1, 0.15) is 438 Å². The maximum Gasteiger partial charge on any atom is 0.472 e. The summed E-state index contributed by atoms with van der Waals surface area (Å²) in [6.45, 7) is 3.82. The lowest BCUT2D eigenvalue weighted by atomic mass is 10.0. The molecule has 0 aromatic carbocycles. The number of nitrogens with two attached hydrogens (primary N) is 1. The minimum Gasteiger partial charge on any atom is -0.462 e. The van der Waals surface area contributed by atoms with Crippen LogP contribution in [0.25, 0.3) is 0 Å². The van der Waals surface area contributed by atoms with E-state index in [-0.39, 0.29) is 38.6 Å². The Bertz CT molecular complexity index is 1590. The number of allylic oxidation sites excluding steroid dienone is 6. The van der Waals surface area contributed by atoms with E-state index in [1.165, 1.54) is 366 Å².